The number of nitrogens with zero attached hydrogens (tertiary/aromatic N) is 1. The molecule has 0 fully saturated rings. The molecule has 0 bridgehead atoms. The van der Waals surface area contributed by atoms with E-state index in [1.54, 1.807) is 12.3 Å². The highest BCUT2D eigenvalue weighted by molar-refractivity contribution is 7.99. The van der Waals surface area contributed by atoms with Crippen molar-refractivity contribution in [2.24, 2.45) is 5.73 Å². The zero-order valence-electron chi connectivity index (χ0n) is 9.43. The van der Waals surface area contributed by atoms with E-state index in [2.05, 4.69) is 4.98 Å². The Hall–Kier alpha value is -1.39. The molecule has 0 spiro atoms. The van der Waals surface area contributed by atoms with Gasteiger partial charge in [0.1, 0.15) is 10.8 Å². The lowest BCUT2D eigenvalue weighted by atomic mass is 10.1. The van der Waals surface area contributed by atoms with E-state index < -0.39 is 0 Å². The summed E-state index contributed by atoms with van der Waals surface area (Å²) >= 11 is 1.49. The van der Waals surface area contributed by atoms with Crippen molar-refractivity contribution in [3.8, 4) is 0 Å². The zero-order valence-corrected chi connectivity index (χ0v) is 10.2. The standard InChI is InChI=1S/C13H13FN2S/c1-9(15)11-8-10(14)5-6-12(11)17-13-4-2-3-7-16-13/h2-9H,15H2,1H3. The molecule has 0 aliphatic heterocycles. The van der Waals surface area contributed by atoms with Crippen LogP contribution in [0.15, 0.2) is 52.5 Å². The fourth-order valence-corrected chi connectivity index (χ4v) is 2.47. The van der Waals surface area contributed by atoms with Gasteiger partial charge in [0.25, 0.3) is 0 Å². The van der Waals surface area contributed by atoms with Crippen molar-refractivity contribution in [1.82, 2.24) is 4.98 Å². The summed E-state index contributed by atoms with van der Waals surface area (Å²) < 4.78 is 13.2. The average molecular weight is 248 g/mol. The van der Waals surface area contributed by atoms with E-state index in [0.29, 0.717) is 0 Å². The normalized spacial score (nSPS) is 12.4. The number of hydrogen-bond acceptors (Lipinski definition) is 3. The predicted molar refractivity (Wildman–Crippen MR) is 67.4 cm³/mol. The predicted octanol–water partition coefficient (Wildman–Crippen LogP) is 3.39. The van der Waals surface area contributed by atoms with Crippen LogP contribution in [0.5, 0.6) is 0 Å². The molecule has 1 aromatic heterocycles. The van der Waals surface area contributed by atoms with E-state index in [9.17, 15) is 4.39 Å². The molecule has 1 heterocycles. The smallest absolute Gasteiger partial charge is 0.123 e. The van der Waals surface area contributed by atoms with Crippen LogP contribution in [-0.2, 0) is 0 Å². The van der Waals surface area contributed by atoms with Crippen LogP contribution in [0.2, 0.25) is 0 Å². The van der Waals surface area contributed by atoms with Gasteiger partial charge >= 0.3 is 0 Å². The Labute approximate surface area is 104 Å². The van der Waals surface area contributed by atoms with Crippen LogP contribution in [0.25, 0.3) is 0 Å². The second kappa shape index (κ2) is 5.29. The summed E-state index contributed by atoms with van der Waals surface area (Å²) in [4.78, 5) is 5.17. The van der Waals surface area contributed by atoms with Crippen molar-refractivity contribution >= 4 is 11.8 Å². The van der Waals surface area contributed by atoms with Gasteiger partial charge in [0.2, 0.25) is 0 Å². The van der Waals surface area contributed by atoms with Crippen LogP contribution < -0.4 is 5.73 Å². The molecule has 2 nitrogen and oxygen atoms in total. The van der Waals surface area contributed by atoms with Gasteiger partial charge in [-0.2, -0.15) is 0 Å². The third kappa shape index (κ3) is 3.05. The fourth-order valence-electron chi connectivity index (χ4n) is 1.49. The Kier molecular flexibility index (Phi) is 3.76. The average Bonchev–Trinajstić information content (AvgIpc) is 2.32. The van der Waals surface area contributed by atoms with Gasteiger partial charge in [-0.15, -0.1) is 0 Å². The van der Waals surface area contributed by atoms with Crippen molar-refractivity contribution in [2.75, 3.05) is 0 Å². The van der Waals surface area contributed by atoms with Crippen molar-refractivity contribution in [3.05, 3.63) is 54.0 Å². The first-order valence-electron chi connectivity index (χ1n) is 5.31. The number of aromatic nitrogens is 1. The highest BCUT2D eigenvalue weighted by Crippen LogP contribution is 2.31. The molecule has 1 atom stereocenters. The lowest BCUT2D eigenvalue weighted by Gasteiger charge is -2.11. The molecule has 0 saturated heterocycles. The van der Waals surface area contributed by atoms with Crippen LogP contribution in [0, 0.1) is 5.82 Å². The van der Waals surface area contributed by atoms with Crippen molar-refractivity contribution in [3.63, 3.8) is 0 Å². The summed E-state index contributed by atoms with van der Waals surface area (Å²) in [5.41, 5.74) is 6.64. The lowest BCUT2D eigenvalue weighted by Crippen LogP contribution is -2.06. The number of rotatable bonds is 3. The van der Waals surface area contributed by atoms with E-state index in [0.717, 1.165) is 15.5 Å². The SMILES string of the molecule is CC(N)c1cc(F)ccc1Sc1ccccn1. The summed E-state index contributed by atoms with van der Waals surface area (Å²) in [5.74, 6) is -0.261. The molecule has 0 aliphatic rings. The quantitative estimate of drug-likeness (QED) is 0.905. The largest absolute Gasteiger partial charge is 0.324 e. The van der Waals surface area contributed by atoms with Gasteiger partial charge in [0.05, 0.1) is 0 Å². The summed E-state index contributed by atoms with van der Waals surface area (Å²) in [5, 5.41) is 0.876. The molecular formula is C13H13FN2S. The Bertz CT molecular complexity index is 500. The molecule has 88 valence electrons. The lowest BCUT2D eigenvalue weighted by molar-refractivity contribution is 0.619. The first-order valence-corrected chi connectivity index (χ1v) is 6.12. The van der Waals surface area contributed by atoms with Gasteiger partial charge in [-0.1, -0.05) is 17.8 Å². The number of hydrogen-bond donors (Lipinski definition) is 1. The molecule has 2 rings (SSSR count). The number of benzene rings is 1. The van der Waals surface area contributed by atoms with Crippen LogP contribution in [0.4, 0.5) is 4.39 Å². The van der Waals surface area contributed by atoms with Crippen molar-refractivity contribution < 1.29 is 4.39 Å². The van der Waals surface area contributed by atoms with Gasteiger partial charge in [-0.25, -0.2) is 9.37 Å². The first kappa shape index (κ1) is 12.1. The molecule has 4 heteroatoms. The summed E-state index contributed by atoms with van der Waals surface area (Å²) in [7, 11) is 0. The summed E-state index contributed by atoms with van der Waals surface area (Å²) in [6, 6.07) is 10.2. The fraction of sp³-hybridized carbons (Fsp3) is 0.154. The minimum atomic E-state index is -0.261. The number of halogens is 1. The highest BCUT2D eigenvalue weighted by atomic mass is 32.2. The summed E-state index contributed by atoms with van der Waals surface area (Å²) in [6.07, 6.45) is 1.73. The van der Waals surface area contributed by atoms with Crippen LogP contribution in [0.1, 0.15) is 18.5 Å². The molecule has 0 amide bonds. The zero-order chi connectivity index (χ0) is 12.3. The van der Waals surface area contributed by atoms with Gasteiger partial charge < -0.3 is 5.73 Å². The van der Waals surface area contributed by atoms with E-state index in [1.165, 1.54) is 23.9 Å². The van der Waals surface area contributed by atoms with Crippen LogP contribution in [0.3, 0.4) is 0 Å². The summed E-state index contributed by atoms with van der Waals surface area (Å²) in [6.45, 7) is 1.84. The minimum absolute atomic E-state index is 0.197. The monoisotopic (exact) mass is 248 g/mol. The van der Waals surface area contributed by atoms with Crippen LogP contribution in [-0.4, -0.2) is 4.98 Å². The maximum absolute atomic E-state index is 13.2. The third-order valence-electron chi connectivity index (χ3n) is 2.31. The highest BCUT2D eigenvalue weighted by Gasteiger charge is 2.10. The van der Waals surface area contributed by atoms with Crippen molar-refractivity contribution in [2.45, 2.75) is 22.9 Å². The second-order valence-corrected chi connectivity index (χ2v) is 4.80. The van der Waals surface area contributed by atoms with Gasteiger partial charge in [0.15, 0.2) is 0 Å². The van der Waals surface area contributed by atoms with Gasteiger partial charge in [-0.3, -0.25) is 0 Å². The third-order valence-corrected chi connectivity index (χ3v) is 3.36. The van der Waals surface area contributed by atoms with Gasteiger partial charge in [0, 0.05) is 17.1 Å². The maximum Gasteiger partial charge on any atom is 0.123 e. The molecule has 1 unspecified atom stereocenters. The molecule has 1 aromatic carbocycles. The minimum Gasteiger partial charge on any atom is -0.324 e. The Morgan fingerprint density at radius 3 is 2.76 bits per heavy atom. The second-order valence-electron chi connectivity index (χ2n) is 3.74. The molecule has 2 aromatic rings. The first-order chi connectivity index (χ1) is 8.16. The van der Waals surface area contributed by atoms with E-state index in [1.807, 2.05) is 25.1 Å². The molecule has 17 heavy (non-hydrogen) atoms. The Morgan fingerprint density at radius 1 is 1.29 bits per heavy atom. The number of nitrogens with two attached hydrogens (primary N) is 1. The molecular weight excluding hydrogens is 235 g/mol. The Morgan fingerprint density at radius 2 is 2.12 bits per heavy atom. The maximum atomic E-state index is 13.2. The van der Waals surface area contributed by atoms with E-state index in [4.69, 9.17) is 5.73 Å². The molecule has 0 aliphatic carbocycles. The van der Waals surface area contributed by atoms with E-state index >= 15 is 0 Å². The topological polar surface area (TPSA) is 38.9 Å². The van der Waals surface area contributed by atoms with Crippen molar-refractivity contribution in [1.29, 1.82) is 0 Å². The molecule has 0 saturated carbocycles. The molecule has 2 N–H and O–H groups in total. The molecule has 0 radical (unpaired) electrons. The van der Waals surface area contributed by atoms with Gasteiger partial charge in [-0.05, 0) is 42.8 Å². The number of pyridine rings is 1. The Balaban J connectivity index is 2.33. The van der Waals surface area contributed by atoms with Crippen LogP contribution >= 0.6 is 11.8 Å². The van der Waals surface area contributed by atoms with E-state index in [-0.39, 0.29) is 11.9 Å².